The first kappa shape index (κ1) is 15.8. The van der Waals surface area contributed by atoms with E-state index in [2.05, 4.69) is 17.1 Å². The third-order valence-electron chi connectivity index (χ3n) is 6.45. The average molecular weight is 293 g/mol. The van der Waals surface area contributed by atoms with Crippen LogP contribution in [0.5, 0.6) is 0 Å². The lowest BCUT2D eigenvalue weighted by Gasteiger charge is -2.48. The normalized spacial score (nSPS) is 34.7. The molecule has 2 saturated carbocycles. The molecule has 1 saturated heterocycles. The SMILES string of the molecule is CCC1CN(C2CCCCCC2)C(C2CCCCC2)CN1. The van der Waals surface area contributed by atoms with E-state index in [0.717, 1.165) is 24.0 Å². The zero-order chi connectivity index (χ0) is 14.5. The van der Waals surface area contributed by atoms with Crippen molar-refractivity contribution in [2.75, 3.05) is 13.1 Å². The van der Waals surface area contributed by atoms with Crippen LogP contribution in [-0.2, 0) is 0 Å². The molecule has 0 aromatic carbocycles. The highest BCUT2D eigenvalue weighted by Crippen LogP contribution is 2.34. The van der Waals surface area contributed by atoms with Crippen LogP contribution in [0.15, 0.2) is 0 Å². The van der Waals surface area contributed by atoms with Crippen molar-refractivity contribution in [2.45, 2.75) is 102 Å². The largest absolute Gasteiger partial charge is 0.311 e. The van der Waals surface area contributed by atoms with Gasteiger partial charge in [0, 0.05) is 31.2 Å². The van der Waals surface area contributed by atoms with Crippen molar-refractivity contribution in [1.82, 2.24) is 10.2 Å². The van der Waals surface area contributed by atoms with Crippen molar-refractivity contribution in [3.05, 3.63) is 0 Å². The highest BCUT2D eigenvalue weighted by Gasteiger charge is 2.36. The van der Waals surface area contributed by atoms with Crippen LogP contribution in [0.3, 0.4) is 0 Å². The molecule has 1 N–H and O–H groups in total. The van der Waals surface area contributed by atoms with E-state index in [-0.39, 0.29) is 0 Å². The molecule has 0 bridgehead atoms. The third-order valence-corrected chi connectivity index (χ3v) is 6.45. The molecule has 2 unspecified atom stereocenters. The number of nitrogens with zero attached hydrogens (tertiary/aromatic N) is 1. The van der Waals surface area contributed by atoms with Crippen LogP contribution in [0.2, 0.25) is 0 Å². The smallest absolute Gasteiger partial charge is 0.0252 e. The lowest BCUT2D eigenvalue weighted by Crippen LogP contribution is -2.61. The first-order valence-corrected chi connectivity index (χ1v) is 9.87. The molecular formula is C19H36N2. The van der Waals surface area contributed by atoms with Crippen molar-refractivity contribution in [1.29, 1.82) is 0 Å². The van der Waals surface area contributed by atoms with Gasteiger partial charge in [-0.25, -0.2) is 0 Å². The second-order valence-corrected chi connectivity index (χ2v) is 7.82. The summed E-state index contributed by atoms with van der Waals surface area (Å²) in [5.74, 6) is 0.979. The summed E-state index contributed by atoms with van der Waals surface area (Å²) in [5, 5.41) is 3.86. The predicted molar refractivity (Wildman–Crippen MR) is 90.6 cm³/mol. The summed E-state index contributed by atoms with van der Waals surface area (Å²) in [6.45, 7) is 4.94. The quantitative estimate of drug-likeness (QED) is 0.778. The Hall–Kier alpha value is -0.0800. The summed E-state index contributed by atoms with van der Waals surface area (Å²) >= 11 is 0. The predicted octanol–water partition coefficient (Wildman–Crippen LogP) is 4.34. The van der Waals surface area contributed by atoms with Crippen LogP contribution < -0.4 is 5.32 Å². The fraction of sp³-hybridized carbons (Fsp3) is 1.00. The molecule has 0 aromatic heterocycles. The van der Waals surface area contributed by atoms with Gasteiger partial charge in [0.25, 0.3) is 0 Å². The lowest BCUT2D eigenvalue weighted by molar-refractivity contribution is 0.0288. The maximum Gasteiger partial charge on any atom is 0.0252 e. The molecule has 0 spiro atoms. The lowest BCUT2D eigenvalue weighted by atomic mass is 9.81. The summed E-state index contributed by atoms with van der Waals surface area (Å²) < 4.78 is 0. The van der Waals surface area contributed by atoms with Crippen LogP contribution >= 0.6 is 0 Å². The molecule has 3 fully saturated rings. The summed E-state index contributed by atoms with van der Waals surface area (Å²) in [7, 11) is 0. The van der Waals surface area contributed by atoms with Crippen LogP contribution in [0.4, 0.5) is 0 Å². The number of hydrogen-bond acceptors (Lipinski definition) is 2. The summed E-state index contributed by atoms with van der Waals surface area (Å²) in [5.41, 5.74) is 0. The Kier molecular flexibility index (Phi) is 5.99. The Bertz CT molecular complexity index is 290. The van der Waals surface area contributed by atoms with Crippen molar-refractivity contribution in [3.8, 4) is 0 Å². The van der Waals surface area contributed by atoms with E-state index in [9.17, 15) is 0 Å². The molecular weight excluding hydrogens is 256 g/mol. The maximum atomic E-state index is 3.86. The van der Waals surface area contributed by atoms with Gasteiger partial charge in [-0.05, 0) is 38.0 Å². The van der Waals surface area contributed by atoms with Gasteiger partial charge in [0.05, 0.1) is 0 Å². The first-order valence-electron chi connectivity index (χ1n) is 9.87. The van der Waals surface area contributed by atoms with Crippen LogP contribution in [-0.4, -0.2) is 36.1 Å². The minimum atomic E-state index is 0.744. The van der Waals surface area contributed by atoms with E-state index in [0.29, 0.717) is 0 Å². The van der Waals surface area contributed by atoms with Gasteiger partial charge in [0.1, 0.15) is 0 Å². The van der Waals surface area contributed by atoms with Gasteiger partial charge in [-0.3, -0.25) is 4.90 Å². The Morgan fingerprint density at radius 1 is 0.857 bits per heavy atom. The standard InChI is InChI=1S/C19H36N2/c1-2-17-15-21(18-12-8-3-4-9-13-18)19(14-20-17)16-10-6-5-7-11-16/h16-20H,2-15H2,1H3. The van der Waals surface area contributed by atoms with Gasteiger partial charge in [0.2, 0.25) is 0 Å². The van der Waals surface area contributed by atoms with E-state index in [4.69, 9.17) is 0 Å². The first-order chi connectivity index (χ1) is 10.4. The summed E-state index contributed by atoms with van der Waals surface area (Å²) in [4.78, 5) is 2.99. The van der Waals surface area contributed by atoms with Gasteiger partial charge in [0.15, 0.2) is 0 Å². The molecule has 0 amide bonds. The van der Waals surface area contributed by atoms with Crippen molar-refractivity contribution in [2.24, 2.45) is 5.92 Å². The number of nitrogens with one attached hydrogen (secondary N) is 1. The highest BCUT2D eigenvalue weighted by atomic mass is 15.3. The molecule has 3 rings (SSSR count). The fourth-order valence-corrected chi connectivity index (χ4v) is 5.10. The zero-order valence-corrected chi connectivity index (χ0v) is 14.2. The highest BCUT2D eigenvalue weighted by molar-refractivity contribution is 4.94. The number of hydrogen-bond donors (Lipinski definition) is 1. The number of rotatable bonds is 3. The molecule has 2 heteroatoms. The molecule has 1 heterocycles. The second kappa shape index (κ2) is 7.97. The maximum absolute atomic E-state index is 3.86. The van der Waals surface area contributed by atoms with Crippen molar-refractivity contribution >= 4 is 0 Å². The third kappa shape index (κ3) is 4.01. The molecule has 1 aliphatic heterocycles. The molecule has 0 radical (unpaired) electrons. The van der Waals surface area contributed by atoms with E-state index in [1.54, 1.807) is 0 Å². The summed E-state index contributed by atoms with van der Waals surface area (Å²) in [6.07, 6.45) is 17.6. The monoisotopic (exact) mass is 292 g/mol. The van der Waals surface area contributed by atoms with Gasteiger partial charge >= 0.3 is 0 Å². The molecule has 2 aliphatic carbocycles. The van der Waals surface area contributed by atoms with Crippen molar-refractivity contribution < 1.29 is 0 Å². The average Bonchev–Trinajstić information content (AvgIpc) is 2.84. The Balaban J connectivity index is 1.69. The van der Waals surface area contributed by atoms with Gasteiger partial charge in [-0.15, -0.1) is 0 Å². The zero-order valence-electron chi connectivity index (χ0n) is 14.2. The van der Waals surface area contributed by atoms with Gasteiger partial charge in [-0.2, -0.15) is 0 Å². The summed E-state index contributed by atoms with van der Waals surface area (Å²) in [6, 6.07) is 2.49. The molecule has 2 nitrogen and oxygen atoms in total. The molecule has 2 atom stereocenters. The Morgan fingerprint density at radius 2 is 1.48 bits per heavy atom. The van der Waals surface area contributed by atoms with Gasteiger partial charge in [-0.1, -0.05) is 51.9 Å². The van der Waals surface area contributed by atoms with Crippen LogP contribution in [0, 0.1) is 5.92 Å². The number of piperazine rings is 1. The van der Waals surface area contributed by atoms with Crippen LogP contribution in [0.1, 0.15) is 84.0 Å². The van der Waals surface area contributed by atoms with E-state index < -0.39 is 0 Å². The minimum absolute atomic E-state index is 0.744. The molecule has 3 aliphatic rings. The van der Waals surface area contributed by atoms with E-state index >= 15 is 0 Å². The molecule has 0 aromatic rings. The minimum Gasteiger partial charge on any atom is -0.311 e. The molecule has 122 valence electrons. The van der Waals surface area contributed by atoms with E-state index in [1.807, 2.05) is 0 Å². The topological polar surface area (TPSA) is 15.3 Å². The van der Waals surface area contributed by atoms with Crippen LogP contribution in [0.25, 0.3) is 0 Å². The fourth-order valence-electron chi connectivity index (χ4n) is 5.10. The van der Waals surface area contributed by atoms with Crippen molar-refractivity contribution in [3.63, 3.8) is 0 Å². The Morgan fingerprint density at radius 3 is 2.14 bits per heavy atom. The Labute approximate surface area is 132 Å². The van der Waals surface area contributed by atoms with E-state index in [1.165, 1.54) is 90.1 Å². The second-order valence-electron chi connectivity index (χ2n) is 7.82. The molecule has 21 heavy (non-hydrogen) atoms. The van der Waals surface area contributed by atoms with Gasteiger partial charge < -0.3 is 5.32 Å².